The number of amidine groups is 1. The van der Waals surface area contributed by atoms with Gasteiger partial charge in [0, 0.05) is 11.3 Å². The Hall–Kier alpha value is -3.15. The Morgan fingerprint density at radius 3 is 2.55 bits per heavy atom. The van der Waals surface area contributed by atoms with Crippen LogP contribution in [0.4, 0.5) is 14.5 Å². The zero-order valence-corrected chi connectivity index (χ0v) is 17.8. The van der Waals surface area contributed by atoms with Crippen LogP contribution in [0.3, 0.4) is 0 Å². The molecule has 9 nitrogen and oxygen atoms in total. The molecule has 0 spiro atoms. The molecule has 12 heteroatoms. The van der Waals surface area contributed by atoms with Gasteiger partial charge in [-0.3, -0.25) is 9.79 Å². The van der Waals surface area contributed by atoms with Crippen LogP contribution >= 0.6 is 0 Å². The molecule has 0 saturated carbocycles. The number of benzene rings is 1. The van der Waals surface area contributed by atoms with Crippen LogP contribution < -0.4 is 15.8 Å². The van der Waals surface area contributed by atoms with Gasteiger partial charge in [-0.05, 0) is 32.0 Å². The largest absolute Gasteiger partial charge is 0.480 e. The van der Waals surface area contributed by atoms with Crippen molar-refractivity contribution in [1.29, 1.82) is 0 Å². The number of nitrogens with two attached hydrogens (primary N) is 1. The first kappa shape index (κ1) is 22.5. The summed E-state index contributed by atoms with van der Waals surface area (Å²) in [5.41, 5.74) is 3.47. The number of anilines is 1. The zero-order chi connectivity index (χ0) is 23.0. The van der Waals surface area contributed by atoms with Crippen molar-refractivity contribution < 1.29 is 26.7 Å². The van der Waals surface area contributed by atoms with Gasteiger partial charge in [0.2, 0.25) is 5.88 Å². The Morgan fingerprint density at radius 1 is 1.29 bits per heavy atom. The third-order valence-corrected chi connectivity index (χ3v) is 7.80. The quantitative estimate of drug-likeness (QED) is 0.702. The van der Waals surface area contributed by atoms with E-state index in [-0.39, 0.29) is 28.7 Å². The van der Waals surface area contributed by atoms with Crippen molar-refractivity contribution in [1.82, 2.24) is 9.97 Å². The smallest absolute Gasteiger partial charge is 0.275 e. The molecular formula is C19H21F2N5O4S. The van der Waals surface area contributed by atoms with Gasteiger partial charge >= 0.3 is 0 Å². The monoisotopic (exact) mass is 453 g/mol. The molecule has 0 fully saturated rings. The predicted molar refractivity (Wildman–Crippen MR) is 110 cm³/mol. The van der Waals surface area contributed by atoms with Crippen LogP contribution in [0.25, 0.3) is 0 Å². The highest BCUT2D eigenvalue weighted by Gasteiger charge is 2.51. The number of nitrogens with one attached hydrogen (secondary N) is 1. The molecule has 3 N–H and O–H groups in total. The minimum absolute atomic E-state index is 0.0452. The van der Waals surface area contributed by atoms with E-state index in [1.54, 1.807) is 0 Å². The van der Waals surface area contributed by atoms with Crippen molar-refractivity contribution in [3.05, 3.63) is 47.7 Å². The van der Waals surface area contributed by atoms with Gasteiger partial charge in [0.15, 0.2) is 9.84 Å². The standard InChI is InChI=1S/C19H21F2N5O4S/c1-18(2)17(22)26-19(9-20,10-31(18,28)29)12-6-11(4-5-13(12)21)25-16(27)14-7-24-15(30-3)8-23-14/h4-8H,9-10H2,1-3H3,(H2,22,26)(H,25,27)/t19-/m0/s1. The number of methoxy groups -OCH3 is 1. The minimum atomic E-state index is -3.96. The van der Waals surface area contributed by atoms with E-state index < -0.39 is 44.3 Å². The number of hydrogen-bond donors (Lipinski definition) is 2. The Morgan fingerprint density at radius 2 is 2.00 bits per heavy atom. The second-order valence-corrected chi connectivity index (χ2v) is 10.1. The van der Waals surface area contributed by atoms with Gasteiger partial charge in [-0.1, -0.05) is 0 Å². The molecule has 1 aliphatic heterocycles. The highest BCUT2D eigenvalue weighted by Crippen LogP contribution is 2.39. The molecule has 0 saturated heterocycles. The molecule has 3 rings (SSSR count). The fraction of sp³-hybridized carbons (Fsp3) is 0.368. The number of rotatable bonds is 5. The molecular weight excluding hydrogens is 432 g/mol. The van der Waals surface area contributed by atoms with Crippen LogP contribution in [0.15, 0.2) is 35.6 Å². The lowest BCUT2D eigenvalue weighted by atomic mass is 9.92. The molecule has 0 aliphatic carbocycles. The van der Waals surface area contributed by atoms with Crippen LogP contribution in [0, 0.1) is 5.82 Å². The number of halogens is 2. The van der Waals surface area contributed by atoms with E-state index >= 15 is 0 Å². The molecule has 2 heterocycles. The van der Waals surface area contributed by atoms with Gasteiger partial charge in [-0.15, -0.1) is 0 Å². The van der Waals surface area contributed by atoms with Crippen molar-refractivity contribution in [3.63, 3.8) is 0 Å². The first-order valence-corrected chi connectivity index (χ1v) is 10.7. The van der Waals surface area contributed by atoms with E-state index in [4.69, 9.17) is 10.5 Å². The average Bonchev–Trinajstić information content (AvgIpc) is 2.73. The lowest BCUT2D eigenvalue weighted by molar-refractivity contribution is 0.102. The Balaban J connectivity index is 2.00. The van der Waals surface area contributed by atoms with Crippen LogP contribution in [-0.2, 0) is 15.4 Å². The summed E-state index contributed by atoms with van der Waals surface area (Å²) in [5, 5.41) is 2.49. The number of hydrogen-bond acceptors (Lipinski definition) is 8. The topological polar surface area (TPSA) is 137 Å². The molecule has 1 amide bonds. The number of aromatic nitrogens is 2. The van der Waals surface area contributed by atoms with Crippen LogP contribution in [-0.4, -0.2) is 54.4 Å². The number of ether oxygens (including phenoxy) is 1. The molecule has 1 aromatic carbocycles. The first-order chi connectivity index (χ1) is 14.5. The molecule has 1 atom stereocenters. The van der Waals surface area contributed by atoms with Crippen molar-refractivity contribution >= 4 is 27.3 Å². The molecule has 31 heavy (non-hydrogen) atoms. The number of amides is 1. The number of carbonyl (C=O) groups excluding carboxylic acids is 1. The van der Waals surface area contributed by atoms with Crippen LogP contribution in [0.5, 0.6) is 5.88 Å². The molecule has 166 valence electrons. The molecule has 1 aliphatic rings. The maximum Gasteiger partial charge on any atom is 0.275 e. The van der Waals surface area contributed by atoms with Gasteiger partial charge in [0.1, 0.15) is 34.3 Å². The van der Waals surface area contributed by atoms with Crippen LogP contribution in [0.1, 0.15) is 29.9 Å². The normalized spacial score (nSPS) is 21.8. The van der Waals surface area contributed by atoms with Gasteiger partial charge in [-0.25, -0.2) is 27.2 Å². The summed E-state index contributed by atoms with van der Waals surface area (Å²) in [5.74, 6) is -2.43. The molecule has 0 unspecified atom stereocenters. The van der Waals surface area contributed by atoms with E-state index in [1.807, 2.05) is 0 Å². The number of aliphatic imine (C=N–C) groups is 1. The van der Waals surface area contributed by atoms with Crippen molar-refractivity contribution in [3.8, 4) is 5.88 Å². The van der Waals surface area contributed by atoms with Crippen molar-refractivity contribution in [2.24, 2.45) is 10.7 Å². The third kappa shape index (κ3) is 3.94. The van der Waals surface area contributed by atoms with Crippen LogP contribution in [0.2, 0.25) is 0 Å². The summed E-state index contributed by atoms with van der Waals surface area (Å²) in [6.07, 6.45) is 2.43. The van der Waals surface area contributed by atoms with E-state index in [0.717, 1.165) is 12.1 Å². The summed E-state index contributed by atoms with van der Waals surface area (Å²) in [6.45, 7) is 1.40. The maximum absolute atomic E-state index is 14.7. The fourth-order valence-corrected chi connectivity index (χ4v) is 4.67. The number of alkyl halides is 1. The maximum atomic E-state index is 14.7. The minimum Gasteiger partial charge on any atom is -0.480 e. The summed E-state index contributed by atoms with van der Waals surface area (Å²) in [7, 11) is -2.57. The summed E-state index contributed by atoms with van der Waals surface area (Å²) in [4.78, 5) is 24.2. The van der Waals surface area contributed by atoms with Gasteiger partial charge < -0.3 is 15.8 Å². The van der Waals surface area contributed by atoms with E-state index in [9.17, 15) is 22.0 Å². The number of carbonyl (C=O) groups is 1. The molecule has 2 aromatic rings. The number of sulfone groups is 1. The highest BCUT2D eigenvalue weighted by atomic mass is 32.2. The van der Waals surface area contributed by atoms with Crippen molar-refractivity contribution in [2.45, 2.75) is 24.1 Å². The zero-order valence-electron chi connectivity index (χ0n) is 17.0. The average molecular weight is 453 g/mol. The van der Waals surface area contributed by atoms with Gasteiger partial charge in [0.25, 0.3) is 5.91 Å². The Labute approximate surface area is 177 Å². The van der Waals surface area contributed by atoms with Gasteiger partial charge in [-0.2, -0.15) is 0 Å². The van der Waals surface area contributed by atoms with E-state index in [0.29, 0.717) is 0 Å². The summed E-state index contributed by atoms with van der Waals surface area (Å²) < 4.78 is 57.7. The van der Waals surface area contributed by atoms with Gasteiger partial charge in [0.05, 0.1) is 25.3 Å². The second-order valence-electron chi connectivity index (χ2n) is 7.52. The fourth-order valence-electron chi connectivity index (χ4n) is 3.02. The number of nitrogens with zero attached hydrogens (tertiary/aromatic N) is 3. The second kappa shape index (κ2) is 7.84. The van der Waals surface area contributed by atoms with E-state index in [1.165, 1.54) is 39.4 Å². The Bertz CT molecular complexity index is 1150. The van der Waals surface area contributed by atoms with E-state index in [2.05, 4.69) is 20.3 Å². The lowest BCUT2D eigenvalue weighted by Crippen LogP contribution is -2.56. The Kier molecular flexibility index (Phi) is 5.70. The first-order valence-electron chi connectivity index (χ1n) is 9.07. The SMILES string of the molecule is COc1cnc(C(=O)Nc2ccc(F)c([C@]3(CF)CS(=O)(=O)C(C)(C)C(N)=N3)c2)cn1. The summed E-state index contributed by atoms with van der Waals surface area (Å²) >= 11 is 0. The molecule has 0 radical (unpaired) electrons. The van der Waals surface area contributed by atoms with Crippen molar-refractivity contribution in [2.75, 3.05) is 24.9 Å². The molecule has 1 aromatic heterocycles. The molecule has 0 bridgehead atoms. The predicted octanol–water partition coefficient (Wildman–Crippen LogP) is 1.61. The third-order valence-electron chi connectivity index (χ3n) is 5.17. The highest BCUT2D eigenvalue weighted by molar-refractivity contribution is 7.93. The lowest BCUT2D eigenvalue weighted by Gasteiger charge is -2.38. The summed E-state index contributed by atoms with van der Waals surface area (Å²) in [6, 6.07) is 3.36.